The normalized spacial score (nSPS) is 19.4. The first kappa shape index (κ1) is 18.1. The van der Waals surface area contributed by atoms with Crippen molar-refractivity contribution in [3.8, 4) is 0 Å². The Morgan fingerprint density at radius 1 is 1.44 bits per heavy atom. The number of amides is 1. The minimum Gasteiger partial charge on any atom is -0.337 e. The summed E-state index contributed by atoms with van der Waals surface area (Å²) in [6, 6.07) is -0.306. The molecule has 0 N–H and O–H groups in total. The minimum absolute atomic E-state index is 0.00158. The number of fused-ring (bicyclic) bond motifs is 1. The van der Waals surface area contributed by atoms with Gasteiger partial charge < -0.3 is 4.90 Å². The average Bonchev–Trinajstić information content (AvgIpc) is 3.03. The van der Waals surface area contributed by atoms with E-state index in [4.69, 9.17) is 0 Å². The van der Waals surface area contributed by atoms with Crippen LogP contribution in [0.25, 0.3) is 10.2 Å². The molecule has 25 heavy (non-hydrogen) atoms. The van der Waals surface area contributed by atoms with Crippen LogP contribution in [0.4, 0.5) is 0 Å². The van der Waals surface area contributed by atoms with Gasteiger partial charge in [-0.1, -0.05) is 0 Å². The molecule has 0 aliphatic carbocycles. The largest absolute Gasteiger partial charge is 0.337 e. The van der Waals surface area contributed by atoms with Gasteiger partial charge in [0.15, 0.2) is 9.84 Å². The third kappa shape index (κ3) is 3.35. The molecular weight excluding hydrogens is 362 g/mol. The summed E-state index contributed by atoms with van der Waals surface area (Å²) in [5.74, 6) is -0.137. The Morgan fingerprint density at radius 3 is 2.76 bits per heavy atom. The van der Waals surface area contributed by atoms with Gasteiger partial charge in [-0.3, -0.25) is 14.2 Å². The topological polar surface area (TPSA) is 89.3 Å². The third-order valence-electron chi connectivity index (χ3n) is 4.77. The molecule has 2 aromatic heterocycles. The Morgan fingerprint density at radius 2 is 2.16 bits per heavy atom. The van der Waals surface area contributed by atoms with E-state index in [0.717, 1.165) is 10.4 Å². The summed E-state index contributed by atoms with van der Waals surface area (Å²) >= 11 is 1.46. The van der Waals surface area contributed by atoms with Gasteiger partial charge in [0.05, 0.1) is 23.2 Å². The number of aromatic nitrogens is 2. The fraction of sp³-hybridized carbons (Fsp3) is 0.562. The predicted octanol–water partition coefficient (Wildman–Crippen LogP) is 1.11. The van der Waals surface area contributed by atoms with Crippen LogP contribution in [0.3, 0.4) is 0 Å². The van der Waals surface area contributed by atoms with Gasteiger partial charge in [-0.05, 0) is 32.8 Å². The third-order valence-corrected chi connectivity index (χ3v) is 7.64. The van der Waals surface area contributed by atoms with E-state index in [1.807, 2.05) is 20.8 Å². The van der Waals surface area contributed by atoms with Crippen molar-refractivity contribution in [3.05, 3.63) is 27.1 Å². The molecule has 0 aromatic carbocycles. The number of aryl methyl sites for hydroxylation is 2. The molecule has 1 saturated heterocycles. The molecule has 1 amide bonds. The molecule has 7 nitrogen and oxygen atoms in total. The highest BCUT2D eigenvalue weighted by atomic mass is 32.2. The smallest absolute Gasteiger partial charge is 0.262 e. The molecule has 3 heterocycles. The Labute approximate surface area is 150 Å². The number of thiophene rings is 1. The van der Waals surface area contributed by atoms with Crippen molar-refractivity contribution in [3.63, 3.8) is 0 Å². The molecule has 0 radical (unpaired) electrons. The second-order valence-corrected chi connectivity index (χ2v) is 9.81. The van der Waals surface area contributed by atoms with Crippen molar-refractivity contribution in [2.75, 3.05) is 18.1 Å². The van der Waals surface area contributed by atoms with E-state index in [2.05, 4.69) is 4.98 Å². The van der Waals surface area contributed by atoms with E-state index >= 15 is 0 Å². The fourth-order valence-corrected chi connectivity index (χ4v) is 6.00. The van der Waals surface area contributed by atoms with Gasteiger partial charge in [0.2, 0.25) is 5.91 Å². The maximum atomic E-state index is 12.7. The molecule has 1 aliphatic rings. The number of carbonyl (C=O) groups excluding carboxylic acids is 1. The lowest BCUT2D eigenvalue weighted by Gasteiger charge is -2.27. The molecule has 1 fully saturated rings. The fourth-order valence-electron chi connectivity index (χ4n) is 3.28. The summed E-state index contributed by atoms with van der Waals surface area (Å²) in [4.78, 5) is 32.9. The molecule has 0 bridgehead atoms. The predicted molar refractivity (Wildman–Crippen MR) is 97.8 cm³/mol. The van der Waals surface area contributed by atoms with Crippen LogP contribution in [0.1, 0.15) is 23.8 Å². The molecule has 1 aliphatic heterocycles. The highest BCUT2D eigenvalue weighted by molar-refractivity contribution is 7.91. The zero-order valence-electron chi connectivity index (χ0n) is 14.5. The van der Waals surface area contributed by atoms with E-state index in [1.54, 1.807) is 4.90 Å². The average molecular weight is 383 g/mol. The first-order valence-corrected chi connectivity index (χ1v) is 10.8. The molecule has 0 saturated carbocycles. The van der Waals surface area contributed by atoms with Crippen molar-refractivity contribution in [2.45, 2.75) is 39.8 Å². The van der Waals surface area contributed by atoms with Crippen molar-refractivity contribution < 1.29 is 13.2 Å². The Kier molecular flexibility index (Phi) is 4.72. The van der Waals surface area contributed by atoms with Crippen LogP contribution >= 0.6 is 11.3 Å². The lowest BCUT2D eigenvalue weighted by molar-refractivity contribution is -0.133. The lowest BCUT2D eigenvalue weighted by Crippen LogP contribution is -2.43. The summed E-state index contributed by atoms with van der Waals surface area (Å²) in [5.41, 5.74) is 0.670. The van der Waals surface area contributed by atoms with Crippen LogP contribution in [0, 0.1) is 13.8 Å². The van der Waals surface area contributed by atoms with Crippen LogP contribution in [-0.4, -0.2) is 52.9 Å². The monoisotopic (exact) mass is 383 g/mol. The molecule has 3 rings (SSSR count). The Bertz CT molecular complexity index is 991. The highest BCUT2D eigenvalue weighted by Gasteiger charge is 2.34. The zero-order valence-corrected chi connectivity index (χ0v) is 16.1. The summed E-state index contributed by atoms with van der Waals surface area (Å²) in [7, 11) is -3.07. The van der Waals surface area contributed by atoms with Crippen LogP contribution in [0.5, 0.6) is 0 Å². The molecule has 136 valence electrons. The van der Waals surface area contributed by atoms with Crippen molar-refractivity contribution in [1.29, 1.82) is 0 Å². The molecule has 0 spiro atoms. The second kappa shape index (κ2) is 6.53. The maximum absolute atomic E-state index is 12.7. The van der Waals surface area contributed by atoms with Crippen molar-refractivity contribution >= 4 is 37.3 Å². The number of nitrogens with zero attached hydrogens (tertiary/aromatic N) is 3. The number of likely N-dealkylation sites (N-methyl/N-ethyl adjacent to an activating group) is 1. The van der Waals surface area contributed by atoms with E-state index < -0.39 is 9.84 Å². The van der Waals surface area contributed by atoms with Gasteiger partial charge in [-0.15, -0.1) is 11.3 Å². The molecule has 0 unspecified atom stereocenters. The first-order chi connectivity index (χ1) is 11.7. The highest BCUT2D eigenvalue weighted by Crippen LogP contribution is 2.25. The summed E-state index contributed by atoms with van der Waals surface area (Å²) in [5, 5.41) is 0.560. The molecule has 1 atom stereocenters. The van der Waals surface area contributed by atoms with Gasteiger partial charge in [0, 0.05) is 17.5 Å². The van der Waals surface area contributed by atoms with E-state index in [9.17, 15) is 18.0 Å². The number of hydrogen-bond acceptors (Lipinski definition) is 6. The number of sulfone groups is 1. The summed E-state index contributed by atoms with van der Waals surface area (Å²) in [6.07, 6.45) is 1.86. The lowest BCUT2D eigenvalue weighted by atomic mass is 10.2. The standard InChI is InChI=1S/C16H21N3O4S2/c1-4-19(12-5-6-25(22,23)8-12)13(20)7-18-9-17-15-14(16(18)21)10(2)11(3)24-15/h9,12H,4-8H2,1-3H3/t12-/m1/s1. The van der Waals surface area contributed by atoms with Gasteiger partial charge in [-0.2, -0.15) is 0 Å². The van der Waals surface area contributed by atoms with E-state index in [1.165, 1.54) is 22.2 Å². The van der Waals surface area contributed by atoms with Crippen LogP contribution in [0.2, 0.25) is 0 Å². The van der Waals surface area contributed by atoms with E-state index in [-0.39, 0.29) is 35.6 Å². The van der Waals surface area contributed by atoms with Gasteiger partial charge >= 0.3 is 0 Å². The van der Waals surface area contributed by atoms with Crippen LogP contribution in [0.15, 0.2) is 11.1 Å². The van der Waals surface area contributed by atoms with E-state index in [0.29, 0.717) is 23.2 Å². The van der Waals surface area contributed by atoms with Crippen LogP contribution < -0.4 is 5.56 Å². The van der Waals surface area contributed by atoms with Crippen molar-refractivity contribution in [2.24, 2.45) is 0 Å². The van der Waals surface area contributed by atoms with Gasteiger partial charge in [0.1, 0.15) is 11.4 Å². The van der Waals surface area contributed by atoms with Gasteiger partial charge in [0.25, 0.3) is 5.56 Å². The first-order valence-electron chi connectivity index (χ1n) is 8.18. The Hall–Kier alpha value is -1.74. The minimum atomic E-state index is -3.07. The Balaban J connectivity index is 1.87. The number of rotatable bonds is 4. The quantitative estimate of drug-likeness (QED) is 0.789. The number of hydrogen-bond donors (Lipinski definition) is 0. The summed E-state index contributed by atoms with van der Waals surface area (Å²) < 4.78 is 24.7. The SMILES string of the molecule is CCN(C(=O)Cn1cnc2sc(C)c(C)c2c1=O)[C@@H]1CCS(=O)(=O)C1. The molecular formula is C16H21N3O4S2. The zero-order chi connectivity index (χ0) is 18.4. The number of carbonyl (C=O) groups is 1. The molecule has 9 heteroatoms. The molecule has 2 aromatic rings. The summed E-state index contributed by atoms with van der Waals surface area (Å²) in [6.45, 7) is 5.93. The maximum Gasteiger partial charge on any atom is 0.262 e. The van der Waals surface area contributed by atoms with Crippen molar-refractivity contribution in [1.82, 2.24) is 14.5 Å². The van der Waals surface area contributed by atoms with Gasteiger partial charge in [-0.25, -0.2) is 13.4 Å². The van der Waals surface area contributed by atoms with Crippen LogP contribution in [-0.2, 0) is 21.2 Å². The second-order valence-electron chi connectivity index (χ2n) is 6.38.